The Labute approximate surface area is 115 Å². The Balaban J connectivity index is 2.79. The van der Waals surface area contributed by atoms with Crippen molar-refractivity contribution >= 4 is 27.4 Å². The van der Waals surface area contributed by atoms with Gasteiger partial charge in [-0.3, -0.25) is 4.79 Å². The van der Waals surface area contributed by atoms with Crippen molar-refractivity contribution in [1.29, 1.82) is 0 Å². The van der Waals surface area contributed by atoms with Gasteiger partial charge < -0.3 is 9.14 Å². The summed E-state index contributed by atoms with van der Waals surface area (Å²) >= 11 is 3.59. The minimum atomic E-state index is -0.685. The second-order valence-corrected chi connectivity index (χ2v) is 5.65. The first kappa shape index (κ1) is 13.1. The average molecular weight is 310 g/mol. The lowest BCUT2D eigenvalue weighted by Gasteiger charge is -2.23. The number of hydrogen-bond donors (Lipinski definition) is 0. The summed E-state index contributed by atoms with van der Waals surface area (Å²) in [6.45, 7) is 5.78. The van der Waals surface area contributed by atoms with Crippen LogP contribution in [0.5, 0.6) is 0 Å². The number of methoxy groups -OCH3 is 1. The van der Waals surface area contributed by atoms with Crippen LogP contribution in [-0.2, 0) is 14.9 Å². The van der Waals surface area contributed by atoms with Gasteiger partial charge in [-0.15, -0.1) is 0 Å². The third kappa shape index (κ3) is 1.75. The molecule has 0 radical (unpaired) electrons. The maximum absolute atomic E-state index is 12.0. The van der Waals surface area contributed by atoms with E-state index in [4.69, 9.17) is 4.74 Å². The molecule has 2 rings (SSSR count). The zero-order chi connectivity index (χ0) is 13.5. The van der Waals surface area contributed by atoms with Gasteiger partial charge in [0.2, 0.25) is 0 Å². The molecule has 96 valence electrons. The van der Waals surface area contributed by atoms with Crippen molar-refractivity contribution in [1.82, 2.24) is 4.40 Å². The van der Waals surface area contributed by atoms with E-state index in [0.29, 0.717) is 0 Å². The van der Waals surface area contributed by atoms with Crippen molar-refractivity contribution in [3.63, 3.8) is 0 Å². The molecule has 0 fully saturated rings. The molecule has 0 spiro atoms. The highest BCUT2D eigenvalue weighted by Crippen LogP contribution is 2.36. The molecule has 4 heteroatoms. The molecule has 0 saturated carbocycles. The van der Waals surface area contributed by atoms with Gasteiger partial charge in [-0.05, 0) is 54.4 Å². The number of hydrogen-bond acceptors (Lipinski definition) is 2. The second-order valence-electron chi connectivity index (χ2n) is 4.86. The van der Waals surface area contributed by atoms with Crippen LogP contribution in [0.25, 0.3) is 5.52 Å². The van der Waals surface area contributed by atoms with Crippen molar-refractivity contribution in [2.75, 3.05) is 7.11 Å². The van der Waals surface area contributed by atoms with Crippen LogP contribution in [0.1, 0.15) is 25.1 Å². The number of carbonyl (C=O) groups excluding carboxylic acids is 1. The molecule has 0 aliphatic rings. The van der Waals surface area contributed by atoms with Crippen LogP contribution in [-0.4, -0.2) is 17.5 Å². The van der Waals surface area contributed by atoms with E-state index < -0.39 is 5.41 Å². The summed E-state index contributed by atoms with van der Waals surface area (Å²) in [4.78, 5) is 12.0. The molecule has 0 aliphatic heterocycles. The first-order valence-electron chi connectivity index (χ1n) is 5.75. The van der Waals surface area contributed by atoms with Crippen LogP contribution >= 0.6 is 15.9 Å². The topological polar surface area (TPSA) is 30.7 Å². The number of nitrogens with zero attached hydrogens (tertiary/aromatic N) is 1. The Morgan fingerprint density at radius 1 is 1.39 bits per heavy atom. The van der Waals surface area contributed by atoms with Gasteiger partial charge in [0.25, 0.3) is 0 Å². The summed E-state index contributed by atoms with van der Waals surface area (Å²) in [6, 6.07) is 5.96. The van der Waals surface area contributed by atoms with Gasteiger partial charge in [-0.2, -0.15) is 0 Å². The monoisotopic (exact) mass is 309 g/mol. The SMILES string of the molecule is COC(=O)C(C)(C)c1c(C)c(Br)c2ccccn12. The van der Waals surface area contributed by atoms with Crippen molar-refractivity contribution in [2.45, 2.75) is 26.2 Å². The number of halogens is 1. The third-order valence-electron chi connectivity index (χ3n) is 3.30. The van der Waals surface area contributed by atoms with E-state index in [2.05, 4.69) is 15.9 Å². The molecule has 0 aliphatic carbocycles. The summed E-state index contributed by atoms with van der Waals surface area (Å²) < 4.78 is 7.98. The molecule has 0 amide bonds. The van der Waals surface area contributed by atoms with Crippen LogP contribution in [0, 0.1) is 6.92 Å². The fourth-order valence-corrected chi connectivity index (χ4v) is 2.93. The predicted octanol–water partition coefficient (Wildman–Crippen LogP) is 3.46. The van der Waals surface area contributed by atoms with E-state index in [9.17, 15) is 4.79 Å². The highest BCUT2D eigenvalue weighted by Gasteiger charge is 2.36. The highest BCUT2D eigenvalue weighted by atomic mass is 79.9. The van der Waals surface area contributed by atoms with Gasteiger partial charge in [0.05, 0.1) is 12.6 Å². The Kier molecular flexibility index (Phi) is 3.23. The fraction of sp³-hybridized carbons (Fsp3) is 0.357. The number of pyridine rings is 1. The first-order chi connectivity index (χ1) is 8.41. The minimum Gasteiger partial charge on any atom is -0.468 e. The summed E-state index contributed by atoms with van der Waals surface area (Å²) in [5.74, 6) is -0.235. The quantitative estimate of drug-likeness (QED) is 0.795. The lowest BCUT2D eigenvalue weighted by molar-refractivity contribution is -0.146. The van der Waals surface area contributed by atoms with Crippen LogP contribution in [0.4, 0.5) is 0 Å². The third-order valence-corrected chi connectivity index (χ3v) is 4.30. The van der Waals surface area contributed by atoms with Crippen molar-refractivity contribution < 1.29 is 9.53 Å². The lowest BCUT2D eigenvalue weighted by atomic mass is 9.87. The van der Waals surface area contributed by atoms with Crippen molar-refractivity contribution in [3.8, 4) is 0 Å². The normalized spacial score (nSPS) is 11.8. The molecule has 0 N–H and O–H groups in total. The van der Waals surface area contributed by atoms with Gasteiger partial charge in [0.15, 0.2) is 0 Å². The molecule has 0 bridgehead atoms. The van der Waals surface area contributed by atoms with E-state index in [1.54, 1.807) is 0 Å². The molecule has 2 aromatic rings. The average Bonchev–Trinajstić information content (AvgIpc) is 2.62. The van der Waals surface area contributed by atoms with Gasteiger partial charge in [0.1, 0.15) is 5.41 Å². The van der Waals surface area contributed by atoms with Gasteiger partial charge in [0, 0.05) is 16.4 Å². The van der Waals surface area contributed by atoms with E-state index in [0.717, 1.165) is 21.2 Å². The van der Waals surface area contributed by atoms with Crippen molar-refractivity contribution in [2.24, 2.45) is 0 Å². The number of carbonyl (C=O) groups is 1. The predicted molar refractivity (Wildman–Crippen MR) is 74.9 cm³/mol. The number of fused-ring (bicyclic) bond motifs is 1. The molecule has 0 saturated heterocycles. The number of aromatic nitrogens is 1. The standard InChI is InChI=1S/C14H16BrNO2/c1-9-11(15)10-7-5-6-8-16(10)12(9)14(2,3)13(17)18-4/h5-8H,1-4H3. The van der Waals surface area contributed by atoms with Crippen LogP contribution < -0.4 is 0 Å². The second kappa shape index (κ2) is 4.43. The van der Waals surface area contributed by atoms with Crippen LogP contribution in [0.15, 0.2) is 28.9 Å². The molecule has 0 aromatic carbocycles. The molecule has 2 aromatic heterocycles. The Bertz CT molecular complexity index is 614. The van der Waals surface area contributed by atoms with Gasteiger partial charge in [-0.1, -0.05) is 6.07 Å². The van der Waals surface area contributed by atoms with Gasteiger partial charge >= 0.3 is 5.97 Å². The lowest BCUT2D eigenvalue weighted by Crippen LogP contribution is -2.32. The molecular weight excluding hydrogens is 294 g/mol. The summed E-state index contributed by atoms with van der Waals surface area (Å²) in [5.41, 5.74) is 2.39. The van der Waals surface area contributed by atoms with E-state index in [1.807, 2.05) is 49.6 Å². The number of esters is 1. The van der Waals surface area contributed by atoms with E-state index in [-0.39, 0.29) is 5.97 Å². The van der Waals surface area contributed by atoms with E-state index in [1.165, 1.54) is 7.11 Å². The number of ether oxygens (including phenoxy) is 1. The maximum atomic E-state index is 12.0. The Morgan fingerprint density at radius 2 is 2.06 bits per heavy atom. The molecule has 0 unspecified atom stereocenters. The van der Waals surface area contributed by atoms with Gasteiger partial charge in [-0.25, -0.2) is 0 Å². The molecular formula is C14H16BrNO2. The van der Waals surface area contributed by atoms with Crippen LogP contribution in [0.2, 0.25) is 0 Å². The maximum Gasteiger partial charge on any atom is 0.317 e. The summed E-state index contributed by atoms with van der Waals surface area (Å²) in [5, 5.41) is 0. The van der Waals surface area contributed by atoms with Crippen molar-refractivity contribution in [3.05, 3.63) is 40.1 Å². The minimum absolute atomic E-state index is 0.235. The first-order valence-corrected chi connectivity index (χ1v) is 6.54. The molecule has 0 atom stereocenters. The summed E-state index contributed by atoms with van der Waals surface area (Å²) in [6.07, 6.45) is 1.97. The molecule has 2 heterocycles. The van der Waals surface area contributed by atoms with Crippen LogP contribution in [0.3, 0.4) is 0 Å². The molecule has 18 heavy (non-hydrogen) atoms. The largest absolute Gasteiger partial charge is 0.468 e. The molecule has 3 nitrogen and oxygen atoms in total. The Morgan fingerprint density at radius 3 is 2.67 bits per heavy atom. The summed E-state index contributed by atoms with van der Waals surface area (Å²) in [7, 11) is 1.42. The number of rotatable bonds is 2. The fourth-order valence-electron chi connectivity index (χ4n) is 2.42. The Hall–Kier alpha value is -1.29. The zero-order valence-corrected chi connectivity index (χ0v) is 12.5. The highest BCUT2D eigenvalue weighted by molar-refractivity contribution is 9.10. The smallest absolute Gasteiger partial charge is 0.317 e. The van der Waals surface area contributed by atoms with E-state index >= 15 is 0 Å². The zero-order valence-electron chi connectivity index (χ0n) is 11.0.